The molecule has 2 atom stereocenters. The third-order valence-corrected chi connectivity index (χ3v) is 7.32. The predicted octanol–water partition coefficient (Wildman–Crippen LogP) is 4.56. The molecule has 0 radical (unpaired) electrons. The number of ether oxygens (including phenoxy) is 1. The van der Waals surface area contributed by atoms with Crippen molar-refractivity contribution in [3.05, 3.63) is 137 Å². The topological polar surface area (TPSA) is 137 Å². The summed E-state index contributed by atoms with van der Waals surface area (Å²) < 4.78 is 42.6. The molecule has 8 nitrogen and oxygen atoms in total. The van der Waals surface area contributed by atoms with Gasteiger partial charge in [0.2, 0.25) is 17.7 Å². The highest BCUT2D eigenvalue weighted by atomic mass is 19.4. The van der Waals surface area contributed by atoms with Crippen LogP contribution in [0.1, 0.15) is 44.1 Å². The average Bonchev–Trinajstić information content (AvgIpc) is 3.05. The highest BCUT2D eigenvalue weighted by Crippen LogP contribution is 2.27. The van der Waals surface area contributed by atoms with Gasteiger partial charge in [-0.05, 0) is 52.4 Å². The van der Waals surface area contributed by atoms with Gasteiger partial charge in [-0.2, -0.15) is 13.2 Å². The molecule has 0 aliphatic rings. The summed E-state index contributed by atoms with van der Waals surface area (Å²) in [7, 11) is 0. The molecule has 0 aliphatic carbocycles. The van der Waals surface area contributed by atoms with Crippen molar-refractivity contribution in [1.82, 2.24) is 10.6 Å². The number of nitrogens with one attached hydrogen (secondary N) is 2. The van der Waals surface area contributed by atoms with E-state index in [1.165, 1.54) is 18.2 Å². The van der Waals surface area contributed by atoms with Crippen LogP contribution in [0.2, 0.25) is 0 Å². The zero-order valence-electron chi connectivity index (χ0n) is 24.9. The van der Waals surface area contributed by atoms with E-state index < -0.39 is 42.5 Å². The van der Waals surface area contributed by atoms with Crippen LogP contribution in [0.15, 0.2) is 103 Å². The fraction of sp³-hybridized carbons (Fsp3) is 0.229. The van der Waals surface area contributed by atoms with E-state index in [1.807, 2.05) is 54.6 Å². The smallest absolute Gasteiger partial charge is 0.422 e. The summed E-state index contributed by atoms with van der Waals surface area (Å²) in [4.78, 5) is 39.9. The summed E-state index contributed by atoms with van der Waals surface area (Å²) >= 11 is 0. The number of primary amides is 1. The monoisotopic (exact) mass is 632 g/mol. The first-order valence-corrected chi connectivity index (χ1v) is 14.6. The van der Waals surface area contributed by atoms with Crippen LogP contribution in [0, 0.1) is 0 Å². The predicted molar refractivity (Wildman–Crippen MR) is 168 cm³/mol. The van der Waals surface area contributed by atoms with Gasteiger partial charge < -0.3 is 26.8 Å². The van der Waals surface area contributed by atoms with Crippen molar-refractivity contribution < 1.29 is 32.3 Å². The standard InChI is InChI=1S/C35H35F3N4O4/c36-35(37,38)22-46-27-16-14-24(15-17-27)18-30(28-8-4-5-9-29(28)32(40)43)33(44)42-31(19-23-6-2-1-3-7-23)34(45)41-21-26-12-10-25(20-39)11-13-26/h1-17,30-31H,18-22,39H2,(H2,40,43)(H,41,45)(H,42,44)/t30?,31-/m0/s1. The number of nitrogens with two attached hydrogens (primary N) is 2. The molecule has 0 heterocycles. The Balaban J connectivity index is 1.59. The molecule has 0 saturated heterocycles. The van der Waals surface area contributed by atoms with Crippen LogP contribution >= 0.6 is 0 Å². The van der Waals surface area contributed by atoms with Crippen molar-refractivity contribution in [2.75, 3.05) is 6.61 Å². The van der Waals surface area contributed by atoms with E-state index in [1.54, 1.807) is 30.3 Å². The Kier molecular flexibility index (Phi) is 11.5. The molecule has 3 amide bonds. The molecular formula is C35H35F3N4O4. The summed E-state index contributed by atoms with van der Waals surface area (Å²) in [5.74, 6) is -2.64. The number of amides is 3. The lowest BCUT2D eigenvalue weighted by atomic mass is 9.87. The second-order valence-electron chi connectivity index (χ2n) is 10.7. The normalized spacial score (nSPS) is 12.5. The summed E-state index contributed by atoms with van der Waals surface area (Å²) in [6, 6.07) is 28.0. The van der Waals surface area contributed by atoms with Gasteiger partial charge in [0.05, 0.1) is 5.92 Å². The van der Waals surface area contributed by atoms with Crippen LogP contribution in [0.3, 0.4) is 0 Å². The third-order valence-electron chi connectivity index (χ3n) is 7.32. The van der Waals surface area contributed by atoms with Gasteiger partial charge in [-0.15, -0.1) is 0 Å². The molecule has 0 saturated carbocycles. The number of carbonyl (C=O) groups excluding carboxylic acids is 3. The minimum absolute atomic E-state index is 0.0110. The van der Waals surface area contributed by atoms with Gasteiger partial charge in [-0.1, -0.05) is 84.9 Å². The molecule has 46 heavy (non-hydrogen) atoms. The van der Waals surface area contributed by atoms with Crippen LogP contribution in [-0.4, -0.2) is 36.5 Å². The van der Waals surface area contributed by atoms with Crippen molar-refractivity contribution in [2.45, 2.75) is 44.1 Å². The van der Waals surface area contributed by atoms with Crippen LogP contribution in [0.25, 0.3) is 0 Å². The molecule has 0 bridgehead atoms. The molecule has 4 aromatic rings. The average molecular weight is 633 g/mol. The molecule has 0 aliphatic heterocycles. The number of carbonyl (C=O) groups is 3. The maximum atomic E-state index is 14.0. The Bertz CT molecular complexity index is 1610. The Morgan fingerprint density at radius 2 is 1.30 bits per heavy atom. The van der Waals surface area contributed by atoms with E-state index in [2.05, 4.69) is 10.6 Å². The zero-order chi connectivity index (χ0) is 33.1. The maximum absolute atomic E-state index is 14.0. The van der Waals surface area contributed by atoms with Gasteiger partial charge in [0.15, 0.2) is 6.61 Å². The fourth-order valence-corrected chi connectivity index (χ4v) is 4.93. The van der Waals surface area contributed by atoms with E-state index in [4.69, 9.17) is 16.2 Å². The molecule has 1 unspecified atom stereocenters. The van der Waals surface area contributed by atoms with Crippen molar-refractivity contribution in [1.29, 1.82) is 0 Å². The summed E-state index contributed by atoms with van der Waals surface area (Å²) in [6.07, 6.45) is -4.24. The van der Waals surface area contributed by atoms with Crippen molar-refractivity contribution in [3.63, 3.8) is 0 Å². The second kappa shape index (κ2) is 15.7. The van der Waals surface area contributed by atoms with Gasteiger partial charge in [0, 0.05) is 25.1 Å². The Hall–Kier alpha value is -5.16. The first kappa shape index (κ1) is 33.7. The first-order chi connectivity index (χ1) is 22.0. The van der Waals surface area contributed by atoms with Gasteiger partial charge in [0.25, 0.3) is 0 Å². The Morgan fingerprint density at radius 1 is 0.717 bits per heavy atom. The lowest BCUT2D eigenvalue weighted by Gasteiger charge is -2.24. The minimum atomic E-state index is -4.49. The quantitative estimate of drug-likeness (QED) is 0.162. The lowest BCUT2D eigenvalue weighted by Crippen LogP contribution is -2.49. The number of rotatable bonds is 14. The van der Waals surface area contributed by atoms with Crippen LogP contribution in [-0.2, 0) is 35.5 Å². The number of halogens is 3. The van der Waals surface area contributed by atoms with Crippen molar-refractivity contribution in [3.8, 4) is 5.75 Å². The summed E-state index contributed by atoms with van der Waals surface area (Å²) in [5.41, 5.74) is 15.0. The Morgan fingerprint density at radius 3 is 1.93 bits per heavy atom. The lowest BCUT2D eigenvalue weighted by molar-refractivity contribution is -0.153. The van der Waals surface area contributed by atoms with E-state index >= 15 is 0 Å². The van der Waals surface area contributed by atoms with Gasteiger partial charge in [-0.3, -0.25) is 14.4 Å². The molecule has 0 spiro atoms. The van der Waals surface area contributed by atoms with Gasteiger partial charge in [-0.25, -0.2) is 0 Å². The fourth-order valence-electron chi connectivity index (χ4n) is 4.93. The van der Waals surface area contributed by atoms with Crippen LogP contribution < -0.4 is 26.8 Å². The number of alkyl halides is 3. The molecule has 4 rings (SSSR count). The minimum Gasteiger partial charge on any atom is -0.484 e. The Labute approximate surface area is 264 Å². The van der Waals surface area contributed by atoms with Gasteiger partial charge >= 0.3 is 6.18 Å². The van der Waals surface area contributed by atoms with Crippen LogP contribution in [0.4, 0.5) is 13.2 Å². The third kappa shape index (κ3) is 9.93. The second-order valence-corrected chi connectivity index (χ2v) is 10.7. The van der Waals surface area contributed by atoms with E-state index in [-0.39, 0.29) is 30.7 Å². The summed E-state index contributed by atoms with van der Waals surface area (Å²) in [6.45, 7) is -0.817. The first-order valence-electron chi connectivity index (χ1n) is 14.6. The number of hydrogen-bond donors (Lipinski definition) is 4. The molecule has 0 aromatic heterocycles. The highest BCUT2D eigenvalue weighted by molar-refractivity contribution is 5.98. The van der Waals surface area contributed by atoms with E-state index in [9.17, 15) is 27.6 Å². The molecule has 6 N–H and O–H groups in total. The largest absolute Gasteiger partial charge is 0.484 e. The molecule has 240 valence electrons. The van der Waals surface area contributed by atoms with Crippen LogP contribution in [0.5, 0.6) is 5.75 Å². The van der Waals surface area contributed by atoms with E-state index in [0.29, 0.717) is 17.7 Å². The molecule has 11 heteroatoms. The highest BCUT2D eigenvalue weighted by Gasteiger charge is 2.30. The maximum Gasteiger partial charge on any atom is 0.422 e. The zero-order valence-corrected chi connectivity index (χ0v) is 24.9. The molecule has 0 fully saturated rings. The SMILES string of the molecule is NCc1ccc(CNC(=O)[C@H](Cc2ccccc2)NC(=O)C(Cc2ccc(OCC(F)(F)F)cc2)c2ccccc2C(N)=O)cc1. The van der Waals surface area contributed by atoms with Gasteiger partial charge in [0.1, 0.15) is 11.8 Å². The van der Waals surface area contributed by atoms with Crippen molar-refractivity contribution >= 4 is 17.7 Å². The number of benzene rings is 4. The summed E-state index contributed by atoms with van der Waals surface area (Å²) in [5, 5.41) is 5.78. The molecule has 4 aromatic carbocycles. The molecular weight excluding hydrogens is 597 g/mol. The van der Waals surface area contributed by atoms with Crippen molar-refractivity contribution in [2.24, 2.45) is 11.5 Å². The van der Waals surface area contributed by atoms with E-state index in [0.717, 1.165) is 16.7 Å². The number of hydrogen-bond acceptors (Lipinski definition) is 5.